The lowest BCUT2D eigenvalue weighted by atomic mass is 9.92. The first-order valence-electron chi connectivity index (χ1n) is 6.95. The summed E-state index contributed by atoms with van der Waals surface area (Å²) in [5.41, 5.74) is 0.439. The van der Waals surface area contributed by atoms with Gasteiger partial charge in [0.05, 0.1) is 12.2 Å². The van der Waals surface area contributed by atoms with Crippen LogP contribution in [0.25, 0.3) is 0 Å². The van der Waals surface area contributed by atoms with Crippen LogP contribution in [0, 0.1) is 5.41 Å². The lowest BCUT2D eigenvalue weighted by Gasteiger charge is -2.35. The summed E-state index contributed by atoms with van der Waals surface area (Å²) in [5.74, 6) is 0. The maximum absolute atomic E-state index is 5.73. The molecule has 3 heteroatoms. The van der Waals surface area contributed by atoms with E-state index in [0.717, 1.165) is 32.7 Å². The van der Waals surface area contributed by atoms with Gasteiger partial charge in [-0.1, -0.05) is 20.8 Å². The highest BCUT2D eigenvalue weighted by atomic mass is 16.5. The summed E-state index contributed by atoms with van der Waals surface area (Å²) in [6.07, 6.45) is 2.00. The van der Waals surface area contributed by atoms with Gasteiger partial charge in [0.1, 0.15) is 0 Å². The molecule has 1 N–H and O–H groups in total. The summed E-state index contributed by atoms with van der Waals surface area (Å²) in [6, 6.07) is 0. The second kappa shape index (κ2) is 6.72. The maximum atomic E-state index is 5.73. The fourth-order valence-corrected chi connectivity index (χ4v) is 2.29. The zero-order valence-electron chi connectivity index (χ0n) is 12.3. The Morgan fingerprint density at radius 3 is 2.24 bits per heavy atom. The van der Waals surface area contributed by atoms with Crippen LogP contribution < -0.4 is 5.32 Å². The molecule has 2 atom stereocenters. The Morgan fingerprint density at radius 1 is 1.12 bits per heavy atom. The van der Waals surface area contributed by atoms with Gasteiger partial charge in [0.15, 0.2) is 0 Å². The van der Waals surface area contributed by atoms with Crippen molar-refractivity contribution in [2.75, 3.05) is 32.7 Å². The van der Waals surface area contributed by atoms with Crippen LogP contribution in [-0.4, -0.2) is 49.8 Å². The molecule has 1 saturated heterocycles. The SMILES string of the molecule is C[C@@H]1CN(CCNCCC(C)(C)C)C[C@H](C)O1. The van der Waals surface area contributed by atoms with E-state index in [9.17, 15) is 0 Å². The van der Waals surface area contributed by atoms with Gasteiger partial charge in [0.25, 0.3) is 0 Å². The van der Waals surface area contributed by atoms with Crippen molar-refractivity contribution in [3.05, 3.63) is 0 Å². The fraction of sp³-hybridized carbons (Fsp3) is 1.00. The number of nitrogens with zero attached hydrogens (tertiary/aromatic N) is 1. The number of rotatable bonds is 5. The smallest absolute Gasteiger partial charge is 0.0678 e. The van der Waals surface area contributed by atoms with Gasteiger partial charge in [-0.3, -0.25) is 4.90 Å². The van der Waals surface area contributed by atoms with E-state index in [1.165, 1.54) is 6.42 Å². The molecule has 1 fully saturated rings. The molecule has 1 heterocycles. The first-order chi connectivity index (χ1) is 7.87. The molecular weight excluding hydrogens is 212 g/mol. The van der Waals surface area contributed by atoms with Crippen LogP contribution in [-0.2, 0) is 4.74 Å². The molecule has 0 bridgehead atoms. The molecule has 0 amide bonds. The molecule has 3 nitrogen and oxygen atoms in total. The summed E-state index contributed by atoms with van der Waals surface area (Å²) in [6.45, 7) is 16.7. The van der Waals surface area contributed by atoms with Gasteiger partial charge in [-0.05, 0) is 32.2 Å². The largest absolute Gasteiger partial charge is 0.373 e. The molecule has 17 heavy (non-hydrogen) atoms. The van der Waals surface area contributed by atoms with Crippen LogP contribution in [0.3, 0.4) is 0 Å². The zero-order valence-corrected chi connectivity index (χ0v) is 12.3. The van der Waals surface area contributed by atoms with Crippen molar-refractivity contribution in [3.8, 4) is 0 Å². The quantitative estimate of drug-likeness (QED) is 0.747. The van der Waals surface area contributed by atoms with E-state index in [2.05, 4.69) is 44.8 Å². The van der Waals surface area contributed by atoms with Gasteiger partial charge in [0.2, 0.25) is 0 Å². The third-order valence-electron chi connectivity index (χ3n) is 3.15. The van der Waals surface area contributed by atoms with E-state index in [1.807, 2.05) is 0 Å². The Kier molecular flexibility index (Phi) is 5.90. The van der Waals surface area contributed by atoms with E-state index in [1.54, 1.807) is 0 Å². The van der Waals surface area contributed by atoms with Crippen LogP contribution >= 0.6 is 0 Å². The lowest BCUT2D eigenvalue weighted by molar-refractivity contribution is -0.0674. The van der Waals surface area contributed by atoms with E-state index >= 15 is 0 Å². The molecule has 0 aromatic rings. The van der Waals surface area contributed by atoms with Crippen molar-refractivity contribution in [2.45, 2.75) is 53.2 Å². The van der Waals surface area contributed by atoms with Crippen LogP contribution in [0.4, 0.5) is 0 Å². The first-order valence-corrected chi connectivity index (χ1v) is 6.95. The highest BCUT2D eigenvalue weighted by Gasteiger charge is 2.21. The normalized spacial score (nSPS) is 27.4. The third-order valence-corrected chi connectivity index (χ3v) is 3.15. The Labute approximate surface area is 107 Å². The molecule has 1 rings (SSSR count). The number of hydrogen-bond acceptors (Lipinski definition) is 3. The van der Waals surface area contributed by atoms with Crippen LogP contribution in [0.1, 0.15) is 41.0 Å². The summed E-state index contributed by atoms with van der Waals surface area (Å²) < 4.78 is 5.73. The predicted octanol–water partition coefficient (Wildman–Crippen LogP) is 2.12. The minimum Gasteiger partial charge on any atom is -0.373 e. The topological polar surface area (TPSA) is 24.5 Å². The van der Waals surface area contributed by atoms with Crippen LogP contribution in [0.5, 0.6) is 0 Å². The highest BCUT2D eigenvalue weighted by molar-refractivity contribution is 4.73. The van der Waals surface area contributed by atoms with Gasteiger partial charge in [-0.2, -0.15) is 0 Å². The van der Waals surface area contributed by atoms with Gasteiger partial charge in [-0.15, -0.1) is 0 Å². The molecule has 1 aliphatic rings. The summed E-state index contributed by atoms with van der Waals surface area (Å²) in [7, 11) is 0. The van der Waals surface area contributed by atoms with E-state index in [4.69, 9.17) is 4.74 Å². The van der Waals surface area contributed by atoms with Crippen molar-refractivity contribution in [3.63, 3.8) is 0 Å². The van der Waals surface area contributed by atoms with Crippen LogP contribution in [0.15, 0.2) is 0 Å². The highest BCUT2D eigenvalue weighted by Crippen LogP contribution is 2.16. The molecule has 1 aliphatic heterocycles. The van der Waals surface area contributed by atoms with Crippen molar-refractivity contribution in [2.24, 2.45) is 5.41 Å². The standard InChI is InChI=1S/C14H30N2O/c1-12-10-16(11-13(2)17-12)9-8-15-7-6-14(3,4)5/h12-13,15H,6-11H2,1-5H3/t12-,13+. The molecule has 0 radical (unpaired) electrons. The Hall–Kier alpha value is -0.120. The Bertz CT molecular complexity index is 203. The fourth-order valence-electron chi connectivity index (χ4n) is 2.29. The lowest BCUT2D eigenvalue weighted by Crippen LogP contribution is -2.47. The first kappa shape index (κ1) is 14.9. The third kappa shape index (κ3) is 7.02. The van der Waals surface area contributed by atoms with E-state index in [0.29, 0.717) is 17.6 Å². The number of hydrogen-bond donors (Lipinski definition) is 1. The summed E-state index contributed by atoms with van der Waals surface area (Å²) in [4.78, 5) is 2.50. The number of morpholine rings is 1. The van der Waals surface area contributed by atoms with Crippen molar-refractivity contribution in [1.29, 1.82) is 0 Å². The minimum absolute atomic E-state index is 0.383. The summed E-state index contributed by atoms with van der Waals surface area (Å²) in [5, 5.41) is 3.54. The van der Waals surface area contributed by atoms with Gasteiger partial charge in [0, 0.05) is 26.2 Å². The Balaban J connectivity index is 2.06. The zero-order chi connectivity index (χ0) is 12.9. The molecular formula is C14H30N2O. The number of nitrogens with one attached hydrogen (secondary N) is 1. The van der Waals surface area contributed by atoms with E-state index < -0.39 is 0 Å². The van der Waals surface area contributed by atoms with Gasteiger partial charge < -0.3 is 10.1 Å². The molecule has 0 saturated carbocycles. The predicted molar refractivity (Wildman–Crippen MR) is 73.4 cm³/mol. The van der Waals surface area contributed by atoms with Gasteiger partial charge in [-0.25, -0.2) is 0 Å². The summed E-state index contributed by atoms with van der Waals surface area (Å²) >= 11 is 0. The Morgan fingerprint density at radius 2 is 1.71 bits per heavy atom. The average molecular weight is 242 g/mol. The molecule has 0 aromatic heterocycles. The monoisotopic (exact) mass is 242 g/mol. The van der Waals surface area contributed by atoms with Crippen molar-refractivity contribution < 1.29 is 4.74 Å². The van der Waals surface area contributed by atoms with E-state index in [-0.39, 0.29) is 0 Å². The molecule has 0 spiro atoms. The average Bonchev–Trinajstić information content (AvgIpc) is 2.13. The molecule has 102 valence electrons. The van der Waals surface area contributed by atoms with Crippen molar-refractivity contribution >= 4 is 0 Å². The second-order valence-electron chi connectivity index (χ2n) is 6.58. The number of ether oxygens (including phenoxy) is 1. The minimum atomic E-state index is 0.383. The molecule has 0 aliphatic carbocycles. The van der Waals surface area contributed by atoms with Crippen LogP contribution in [0.2, 0.25) is 0 Å². The van der Waals surface area contributed by atoms with Crippen molar-refractivity contribution in [1.82, 2.24) is 10.2 Å². The molecule has 0 aromatic carbocycles. The molecule has 0 unspecified atom stereocenters. The van der Waals surface area contributed by atoms with Gasteiger partial charge >= 0.3 is 0 Å². The maximum Gasteiger partial charge on any atom is 0.0678 e. The second-order valence-corrected chi connectivity index (χ2v) is 6.58.